The molecule has 0 radical (unpaired) electrons. The van der Waals surface area contributed by atoms with Gasteiger partial charge in [-0.1, -0.05) is 103 Å². The molecular formula is C27H48NO3PS. The van der Waals surface area contributed by atoms with E-state index < -0.39 is 7.75 Å². The molecule has 0 atom stereocenters. The van der Waals surface area contributed by atoms with Crippen LogP contribution < -0.4 is 0 Å². The first kappa shape index (κ1) is 30.4. The van der Waals surface area contributed by atoms with Crippen molar-refractivity contribution < 1.29 is 13.6 Å². The van der Waals surface area contributed by atoms with Gasteiger partial charge in [-0.05, 0) is 43.7 Å². The highest BCUT2D eigenvalue weighted by molar-refractivity contribution is 8.13. The van der Waals surface area contributed by atoms with Crippen molar-refractivity contribution in [3.8, 4) is 0 Å². The van der Waals surface area contributed by atoms with Crippen LogP contribution in [-0.2, 0) is 25.8 Å². The summed E-state index contributed by atoms with van der Waals surface area (Å²) in [4.78, 5) is 0. The molecule has 0 unspecified atom stereocenters. The number of rotatable bonds is 20. The van der Waals surface area contributed by atoms with Crippen molar-refractivity contribution in [3.63, 3.8) is 0 Å². The van der Waals surface area contributed by atoms with Crippen LogP contribution in [0.1, 0.15) is 116 Å². The molecule has 0 N–H and O–H groups in total. The van der Waals surface area contributed by atoms with Gasteiger partial charge >= 0.3 is 7.75 Å². The Morgan fingerprint density at radius 3 is 1.76 bits per heavy atom. The maximum absolute atomic E-state index is 13.2. The Morgan fingerprint density at radius 2 is 1.24 bits per heavy atom. The van der Waals surface area contributed by atoms with Gasteiger partial charge in [0.05, 0.1) is 18.3 Å². The molecule has 0 aliphatic carbocycles. The van der Waals surface area contributed by atoms with Crippen LogP contribution in [0, 0.1) is 0 Å². The van der Waals surface area contributed by atoms with Gasteiger partial charge in [0.25, 0.3) is 0 Å². The maximum Gasteiger partial charge on any atom is 0.454 e. The van der Waals surface area contributed by atoms with Gasteiger partial charge in [-0.3, -0.25) is 9.05 Å². The molecule has 190 valence electrons. The minimum atomic E-state index is -3.45. The zero-order valence-electron chi connectivity index (χ0n) is 21.7. The largest absolute Gasteiger partial charge is 0.454 e. The SMILES string of the molecule is CCCCCCOP(=O)(N=C(C)SCc1ccc(CCCCCC)cc1)OCCCCCC. The highest BCUT2D eigenvalue weighted by atomic mass is 32.2. The molecule has 0 fully saturated rings. The van der Waals surface area contributed by atoms with Crippen molar-refractivity contribution in [1.82, 2.24) is 0 Å². The maximum atomic E-state index is 13.2. The van der Waals surface area contributed by atoms with Crippen LogP contribution in [0.2, 0.25) is 0 Å². The van der Waals surface area contributed by atoms with Gasteiger partial charge in [-0.25, -0.2) is 4.57 Å². The summed E-state index contributed by atoms with van der Waals surface area (Å²) >= 11 is 1.60. The van der Waals surface area contributed by atoms with Gasteiger partial charge in [0, 0.05) is 5.75 Å². The topological polar surface area (TPSA) is 47.9 Å². The van der Waals surface area contributed by atoms with E-state index in [4.69, 9.17) is 9.05 Å². The summed E-state index contributed by atoms with van der Waals surface area (Å²) in [6.07, 6.45) is 14.9. The summed E-state index contributed by atoms with van der Waals surface area (Å²) in [7, 11) is -3.45. The van der Waals surface area contributed by atoms with Crippen LogP contribution in [0.5, 0.6) is 0 Å². The average molecular weight is 498 g/mol. The number of aryl methyl sites for hydroxylation is 1. The Kier molecular flexibility index (Phi) is 18.1. The van der Waals surface area contributed by atoms with E-state index in [0.717, 1.165) is 42.9 Å². The number of hydrogen-bond acceptors (Lipinski definition) is 4. The number of thioether (sulfide) groups is 1. The van der Waals surface area contributed by atoms with Gasteiger partial charge in [0.1, 0.15) is 0 Å². The lowest BCUT2D eigenvalue weighted by Gasteiger charge is -2.15. The van der Waals surface area contributed by atoms with E-state index in [1.807, 2.05) is 6.92 Å². The standard InChI is InChI=1S/C27H48NO3PS/c1-5-8-11-14-17-26-18-20-27(21-19-26)24-33-25(4)28-32(29,30-22-15-12-9-6-2)31-23-16-13-10-7-3/h18-21H,5-17,22-24H2,1-4H3. The first-order valence-electron chi connectivity index (χ1n) is 13.2. The number of nitrogens with zero attached hydrogens (tertiary/aromatic N) is 1. The molecule has 0 aromatic heterocycles. The van der Waals surface area contributed by atoms with E-state index in [9.17, 15) is 4.57 Å². The molecule has 0 aliphatic rings. The molecule has 0 saturated heterocycles. The van der Waals surface area contributed by atoms with E-state index in [-0.39, 0.29) is 0 Å². The van der Waals surface area contributed by atoms with Crippen LogP contribution in [0.4, 0.5) is 0 Å². The predicted molar refractivity (Wildman–Crippen MR) is 146 cm³/mol. The molecule has 0 aliphatic heterocycles. The Hall–Kier alpha value is -0.610. The van der Waals surface area contributed by atoms with Crippen molar-refractivity contribution >= 4 is 24.6 Å². The molecule has 0 saturated carbocycles. The smallest absolute Gasteiger partial charge is 0.291 e. The normalized spacial score (nSPS) is 12.4. The summed E-state index contributed by atoms with van der Waals surface area (Å²) in [6.45, 7) is 9.38. The summed E-state index contributed by atoms with van der Waals surface area (Å²) in [6, 6.07) is 8.86. The molecule has 0 bridgehead atoms. The molecule has 1 aromatic rings. The summed E-state index contributed by atoms with van der Waals surface area (Å²) in [5.74, 6) is 0.804. The molecule has 0 spiro atoms. The Bertz CT molecular complexity index is 660. The molecule has 6 heteroatoms. The lowest BCUT2D eigenvalue weighted by atomic mass is 10.1. The minimum absolute atomic E-state index is 0.438. The van der Waals surface area contributed by atoms with E-state index >= 15 is 0 Å². The second kappa shape index (κ2) is 19.7. The molecule has 4 nitrogen and oxygen atoms in total. The van der Waals surface area contributed by atoms with Crippen LogP contribution in [-0.4, -0.2) is 18.3 Å². The van der Waals surface area contributed by atoms with Crippen LogP contribution >= 0.6 is 19.5 Å². The minimum Gasteiger partial charge on any atom is -0.291 e. The summed E-state index contributed by atoms with van der Waals surface area (Å²) < 4.78 is 29.1. The Morgan fingerprint density at radius 1 is 0.758 bits per heavy atom. The molecular weight excluding hydrogens is 449 g/mol. The average Bonchev–Trinajstić information content (AvgIpc) is 2.81. The third-order valence-corrected chi connectivity index (χ3v) is 8.24. The van der Waals surface area contributed by atoms with Gasteiger partial charge < -0.3 is 0 Å². The van der Waals surface area contributed by atoms with E-state index in [2.05, 4.69) is 49.8 Å². The number of unbranched alkanes of at least 4 members (excludes halogenated alkanes) is 9. The lowest BCUT2D eigenvalue weighted by Crippen LogP contribution is -2.00. The molecule has 1 rings (SSSR count). The van der Waals surface area contributed by atoms with Crippen molar-refractivity contribution in [2.45, 2.75) is 117 Å². The molecule has 0 amide bonds. The van der Waals surface area contributed by atoms with Crippen LogP contribution in [0.3, 0.4) is 0 Å². The number of hydrogen-bond donors (Lipinski definition) is 0. The summed E-state index contributed by atoms with van der Waals surface area (Å²) in [5.41, 5.74) is 2.66. The molecule has 33 heavy (non-hydrogen) atoms. The fourth-order valence-electron chi connectivity index (χ4n) is 3.46. The Balaban J connectivity index is 2.56. The highest BCUT2D eigenvalue weighted by Crippen LogP contribution is 2.51. The van der Waals surface area contributed by atoms with Crippen molar-refractivity contribution in [1.29, 1.82) is 0 Å². The van der Waals surface area contributed by atoms with E-state index in [0.29, 0.717) is 13.2 Å². The quantitative estimate of drug-likeness (QED) is 0.0778. The van der Waals surface area contributed by atoms with Gasteiger partial charge in [0.2, 0.25) is 0 Å². The van der Waals surface area contributed by atoms with Crippen molar-refractivity contribution in [3.05, 3.63) is 35.4 Å². The van der Waals surface area contributed by atoms with Crippen LogP contribution in [0.25, 0.3) is 0 Å². The fraction of sp³-hybridized carbons (Fsp3) is 0.741. The first-order chi connectivity index (χ1) is 16.0. The Labute approximate surface area is 208 Å². The summed E-state index contributed by atoms with van der Waals surface area (Å²) in [5, 5.41) is 0.754. The molecule has 0 heterocycles. The third kappa shape index (κ3) is 15.8. The predicted octanol–water partition coefficient (Wildman–Crippen LogP) is 9.76. The zero-order chi connectivity index (χ0) is 24.2. The fourth-order valence-corrected chi connectivity index (χ4v) is 5.81. The van der Waals surface area contributed by atoms with Gasteiger partial charge in [-0.15, -0.1) is 11.8 Å². The lowest BCUT2D eigenvalue weighted by molar-refractivity contribution is 0.198. The van der Waals surface area contributed by atoms with E-state index in [1.54, 1.807) is 11.8 Å². The van der Waals surface area contributed by atoms with Crippen LogP contribution in [0.15, 0.2) is 29.0 Å². The monoisotopic (exact) mass is 497 g/mol. The third-order valence-electron chi connectivity index (χ3n) is 5.56. The second-order valence-electron chi connectivity index (χ2n) is 8.79. The highest BCUT2D eigenvalue weighted by Gasteiger charge is 2.24. The van der Waals surface area contributed by atoms with Crippen molar-refractivity contribution in [2.75, 3.05) is 13.2 Å². The van der Waals surface area contributed by atoms with Gasteiger partial charge in [0.15, 0.2) is 0 Å². The second-order valence-corrected chi connectivity index (χ2v) is 11.6. The van der Waals surface area contributed by atoms with Crippen molar-refractivity contribution in [2.24, 2.45) is 4.76 Å². The van der Waals surface area contributed by atoms with E-state index in [1.165, 1.54) is 62.5 Å². The number of benzene rings is 1. The molecule has 1 aromatic carbocycles. The van der Waals surface area contributed by atoms with Gasteiger partial charge in [-0.2, -0.15) is 4.76 Å². The zero-order valence-corrected chi connectivity index (χ0v) is 23.4. The first-order valence-corrected chi connectivity index (χ1v) is 15.7.